The first-order valence-corrected chi connectivity index (χ1v) is 6.43. The van der Waals surface area contributed by atoms with Crippen molar-refractivity contribution in [2.24, 2.45) is 0 Å². The number of ether oxygens (including phenoxy) is 1. The van der Waals surface area contributed by atoms with Crippen LogP contribution < -0.4 is 10.1 Å². The number of nitrogens with zero attached hydrogens (tertiary/aromatic N) is 1. The van der Waals surface area contributed by atoms with Gasteiger partial charge < -0.3 is 15.2 Å². The van der Waals surface area contributed by atoms with E-state index in [0.717, 1.165) is 16.7 Å². The van der Waals surface area contributed by atoms with Crippen LogP contribution in [0.25, 0.3) is 10.9 Å². The zero-order valence-electron chi connectivity index (χ0n) is 11.8. The number of aromatic nitrogens is 1. The smallest absolute Gasteiger partial charge is 0.253 e. The molecule has 0 saturated carbocycles. The van der Waals surface area contributed by atoms with Crippen molar-refractivity contribution >= 4 is 16.8 Å². The molecule has 5 heteroatoms. The number of carbonyl (C=O) groups is 1. The second kappa shape index (κ2) is 5.88. The number of methoxy groups -OCH3 is 1. The summed E-state index contributed by atoms with van der Waals surface area (Å²) >= 11 is 0. The third-order valence-corrected chi connectivity index (χ3v) is 3.02. The number of nitrogens with one attached hydrogen (secondary N) is 1. The summed E-state index contributed by atoms with van der Waals surface area (Å²) in [6.07, 6.45) is -0.572. The molecular formula is C15H18N2O3. The number of aryl methyl sites for hydroxylation is 1. The Balaban J connectivity index is 2.35. The van der Waals surface area contributed by atoms with Gasteiger partial charge in [-0.2, -0.15) is 0 Å². The van der Waals surface area contributed by atoms with Crippen LogP contribution >= 0.6 is 0 Å². The minimum absolute atomic E-state index is 0.221. The third kappa shape index (κ3) is 3.05. The zero-order chi connectivity index (χ0) is 14.7. The number of carbonyl (C=O) groups excluding carboxylic acids is 1. The van der Waals surface area contributed by atoms with Crippen molar-refractivity contribution in [3.8, 4) is 5.75 Å². The largest absolute Gasteiger partial charge is 0.497 e. The number of aliphatic hydroxyl groups excluding tert-OH is 1. The van der Waals surface area contributed by atoms with Crippen LogP contribution in [-0.4, -0.2) is 35.8 Å². The van der Waals surface area contributed by atoms with Crippen LogP contribution in [0.5, 0.6) is 5.75 Å². The summed E-state index contributed by atoms with van der Waals surface area (Å²) in [6, 6.07) is 7.33. The fraction of sp³-hybridized carbons (Fsp3) is 0.333. The molecule has 20 heavy (non-hydrogen) atoms. The number of hydrogen-bond donors (Lipinski definition) is 2. The Bertz CT molecular complexity index is 638. The Hall–Kier alpha value is -2.14. The van der Waals surface area contributed by atoms with E-state index in [1.807, 2.05) is 18.2 Å². The molecule has 2 aromatic rings. The zero-order valence-corrected chi connectivity index (χ0v) is 11.8. The van der Waals surface area contributed by atoms with E-state index in [-0.39, 0.29) is 12.5 Å². The highest BCUT2D eigenvalue weighted by Crippen LogP contribution is 2.21. The molecule has 0 spiro atoms. The molecule has 1 aromatic heterocycles. The lowest BCUT2D eigenvalue weighted by molar-refractivity contribution is 0.0923. The summed E-state index contributed by atoms with van der Waals surface area (Å²) in [4.78, 5) is 16.5. The monoisotopic (exact) mass is 274 g/mol. The SMILES string of the molecule is COc1ccc2cc(C(=O)NCC(C)O)c(C)nc2c1. The summed E-state index contributed by atoms with van der Waals surface area (Å²) in [5.41, 5.74) is 1.95. The van der Waals surface area contributed by atoms with Gasteiger partial charge in [-0.05, 0) is 32.0 Å². The average Bonchev–Trinajstić information content (AvgIpc) is 2.43. The van der Waals surface area contributed by atoms with Crippen LogP contribution in [0.2, 0.25) is 0 Å². The summed E-state index contributed by atoms with van der Waals surface area (Å²) in [6.45, 7) is 3.63. The van der Waals surface area contributed by atoms with Crippen molar-refractivity contribution < 1.29 is 14.6 Å². The first kappa shape index (κ1) is 14.3. The van der Waals surface area contributed by atoms with Crippen LogP contribution in [0.15, 0.2) is 24.3 Å². The highest BCUT2D eigenvalue weighted by molar-refractivity contribution is 5.98. The van der Waals surface area contributed by atoms with E-state index in [1.54, 1.807) is 27.0 Å². The molecular weight excluding hydrogens is 256 g/mol. The normalized spacial score (nSPS) is 12.2. The molecule has 0 aliphatic carbocycles. The van der Waals surface area contributed by atoms with Crippen LogP contribution in [0, 0.1) is 6.92 Å². The van der Waals surface area contributed by atoms with Gasteiger partial charge in [0.25, 0.3) is 5.91 Å². The molecule has 1 atom stereocenters. The fourth-order valence-corrected chi connectivity index (χ4v) is 1.94. The number of benzene rings is 1. The van der Waals surface area contributed by atoms with Crippen molar-refractivity contribution in [1.82, 2.24) is 10.3 Å². The van der Waals surface area contributed by atoms with Crippen molar-refractivity contribution in [1.29, 1.82) is 0 Å². The van der Waals surface area contributed by atoms with E-state index < -0.39 is 6.10 Å². The molecule has 0 fully saturated rings. The van der Waals surface area contributed by atoms with Gasteiger partial charge in [0.15, 0.2) is 0 Å². The quantitative estimate of drug-likeness (QED) is 0.889. The van der Waals surface area contributed by atoms with Crippen molar-refractivity contribution in [2.45, 2.75) is 20.0 Å². The number of amides is 1. The molecule has 0 bridgehead atoms. The maximum absolute atomic E-state index is 12.0. The molecule has 2 rings (SSSR count). The summed E-state index contributed by atoms with van der Waals surface area (Å²) in [5, 5.41) is 12.7. The van der Waals surface area contributed by atoms with Gasteiger partial charge in [0, 0.05) is 18.0 Å². The maximum Gasteiger partial charge on any atom is 0.253 e. The number of aliphatic hydroxyl groups is 1. The molecule has 0 radical (unpaired) electrons. The van der Waals surface area contributed by atoms with Crippen LogP contribution in [-0.2, 0) is 0 Å². The predicted octanol–water partition coefficient (Wildman–Crippen LogP) is 1.66. The summed E-state index contributed by atoms with van der Waals surface area (Å²) in [7, 11) is 1.60. The lowest BCUT2D eigenvalue weighted by atomic mass is 10.1. The van der Waals surface area contributed by atoms with Gasteiger partial charge in [0.1, 0.15) is 5.75 Å². The summed E-state index contributed by atoms with van der Waals surface area (Å²) < 4.78 is 5.16. The van der Waals surface area contributed by atoms with Crippen LogP contribution in [0.1, 0.15) is 23.0 Å². The van der Waals surface area contributed by atoms with E-state index in [2.05, 4.69) is 10.3 Å². The van der Waals surface area contributed by atoms with Gasteiger partial charge in [0.2, 0.25) is 0 Å². The third-order valence-electron chi connectivity index (χ3n) is 3.02. The van der Waals surface area contributed by atoms with Crippen LogP contribution in [0.4, 0.5) is 0 Å². The van der Waals surface area contributed by atoms with E-state index in [4.69, 9.17) is 4.74 Å². The number of hydrogen-bond acceptors (Lipinski definition) is 4. The molecule has 0 aliphatic heterocycles. The number of pyridine rings is 1. The van der Waals surface area contributed by atoms with Crippen LogP contribution in [0.3, 0.4) is 0 Å². The van der Waals surface area contributed by atoms with E-state index in [1.165, 1.54) is 0 Å². The van der Waals surface area contributed by atoms with Gasteiger partial charge in [-0.1, -0.05) is 0 Å². The second-order valence-electron chi connectivity index (χ2n) is 4.74. The minimum atomic E-state index is -0.572. The first-order chi connectivity index (χ1) is 9.51. The highest BCUT2D eigenvalue weighted by Gasteiger charge is 2.12. The Morgan fingerprint density at radius 3 is 2.85 bits per heavy atom. The Morgan fingerprint density at radius 2 is 2.20 bits per heavy atom. The van der Waals surface area contributed by atoms with Gasteiger partial charge in [-0.3, -0.25) is 9.78 Å². The van der Waals surface area contributed by atoms with Crippen molar-refractivity contribution in [3.05, 3.63) is 35.5 Å². The van der Waals surface area contributed by atoms with Crippen molar-refractivity contribution in [2.75, 3.05) is 13.7 Å². The summed E-state index contributed by atoms with van der Waals surface area (Å²) in [5.74, 6) is 0.504. The molecule has 2 N–H and O–H groups in total. The molecule has 1 unspecified atom stereocenters. The molecule has 1 aromatic carbocycles. The van der Waals surface area contributed by atoms with E-state index in [0.29, 0.717) is 11.3 Å². The fourth-order valence-electron chi connectivity index (χ4n) is 1.94. The molecule has 106 valence electrons. The number of rotatable bonds is 4. The maximum atomic E-state index is 12.0. The predicted molar refractivity (Wildman–Crippen MR) is 77.0 cm³/mol. The first-order valence-electron chi connectivity index (χ1n) is 6.43. The average molecular weight is 274 g/mol. The van der Waals surface area contributed by atoms with Gasteiger partial charge in [0.05, 0.1) is 30.0 Å². The lowest BCUT2D eigenvalue weighted by Crippen LogP contribution is -2.31. The molecule has 0 saturated heterocycles. The Morgan fingerprint density at radius 1 is 1.45 bits per heavy atom. The second-order valence-corrected chi connectivity index (χ2v) is 4.74. The topological polar surface area (TPSA) is 71.5 Å². The molecule has 5 nitrogen and oxygen atoms in total. The molecule has 0 aliphatic rings. The van der Waals surface area contributed by atoms with Crippen molar-refractivity contribution in [3.63, 3.8) is 0 Å². The van der Waals surface area contributed by atoms with E-state index >= 15 is 0 Å². The Labute approximate surface area is 117 Å². The minimum Gasteiger partial charge on any atom is -0.497 e. The standard InChI is InChI=1S/C15H18N2O3/c1-9(18)8-16-15(19)13-6-11-4-5-12(20-3)7-14(11)17-10(13)2/h4-7,9,18H,8H2,1-3H3,(H,16,19). The van der Waals surface area contributed by atoms with Gasteiger partial charge in [-0.15, -0.1) is 0 Å². The molecule has 1 heterocycles. The van der Waals surface area contributed by atoms with E-state index in [9.17, 15) is 9.90 Å². The molecule has 1 amide bonds. The number of fused-ring (bicyclic) bond motifs is 1. The Kier molecular flexibility index (Phi) is 4.20. The van der Waals surface area contributed by atoms with Gasteiger partial charge >= 0.3 is 0 Å². The van der Waals surface area contributed by atoms with Gasteiger partial charge in [-0.25, -0.2) is 0 Å². The lowest BCUT2D eigenvalue weighted by Gasteiger charge is -2.10. The highest BCUT2D eigenvalue weighted by atomic mass is 16.5.